The summed E-state index contributed by atoms with van der Waals surface area (Å²) in [5.74, 6) is 1.51. The van der Waals surface area contributed by atoms with Gasteiger partial charge in [-0.2, -0.15) is 0 Å². The maximum absolute atomic E-state index is 5.97. The molecule has 1 atom stereocenters. The van der Waals surface area contributed by atoms with E-state index in [9.17, 15) is 0 Å². The minimum Gasteiger partial charge on any atom is -0.497 e. The molecule has 0 amide bonds. The van der Waals surface area contributed by atoms with Crippen LogP contribution in [-0.2, 0) is 0 Å². The number of benzene rings is 1. The van der Waals surface area contributed by atoms with Gasteiger partial charge < -0.3 is 20.9 Å². The summed E-state index contributed by atoms with van der Waals surface area (Å²) in [6.07, 6.45) is 0.739. The first-order chi connectivity index (χ1) is 7.22. The van der Waals surface area contributed by atoms with Gasteiger partial charge in [-0.25, -0.2) is 0 Å². The maximum atomic E-state index is 5.97. The summed E-state index contributed by atoms with van der Waals surface area (Å²) in [5.41, 5.74) is 12.4. The molecule has 0 spiro atoms. The molecule has 0 radical (unpaired) electrons. The number of ether oxygens (including phenoxy) is 2. The molecular weight excluding hydrogens is 192 g/mol. The second-order valence-electron chi connectivity index (χ2n) is 3.29. The van der Waals surface area contributed by atoms with Crippen molar-refractivity contribution >= 4 is 0 Å². The zero-order valence-corrected chi connectivity index (χ0v) is 9.19. The Bertz CT molecular complexity index is 315. The molecule has 1 rings (SSSR count). The molecular formula is C11H18N2O2. The highest BCUT2D eigenvalue weighted by Gasteiger charge is 2.11. The molecule has 4 heteroatoms. The Labute approximate surface area is 90.2 Å². The molecule has 84 valence electrons. The van der Waals surface area contributed by atoms with Crippen LogP contribution in [0.25, 0.3) is 0 Å². The summed E-state index contributed by atoms with van der Waals surface area (Å²) in [5, 5.41) is 0. The Hall–Kier alpha value is -1.26. The van der Waals surface area contributed by atoms with Gasteiger partial charge in [-0.3, -0.25) is 0 Å². The molecule has 0 saturated heterocycles. The fraction of sp³-hybridized carbons (Fsp3) is 0.455. The maximum Gasteiger partial charge on any atom is 0.127 e. The number of methoxy groups -OCH3 is 2. The summed E-state index contributed by atoms with van der Waals surface area (Å²) >= 11 is 0. The van der Waals surface area contributed by atoms with Gasteiger partial charge in [0.05, 0.1) is 14.2 Å². The molecule has 0 fully saturated rings. The van der Waals surface area contributed by atoms with Crippen molar-refractivity contribution in [2.45, 2.75) is 12.5 Å². The molecule has 0 aliphatic carbocycles. The van der Waals surface area contributed by atoms with E-state index in [1.54, 1.807) is 14.2 Å². The highest BCUT2D eigenvalue weighted by atomic mass is 16.5. The molecule has 0 bridgehead atoms. The zero-order valence-electron chi connectivity index (χ0n) is 9.19. The summed E-state index contributed by atoms with van der Waals surface area (Å²) < 4.78 is 10.4. The van der Waals surface area contributed by atoms with Crippen LogP contribution in [0.4, 0.5) is 0 Å². The van der Waals surface area contributed by atoms with Gasteiger partial charge in [-0.1, -0.05) is 6.07 Å². The predicted octanol–water partition coefficient (Wildman–Crippen LogP) is 1.05. The van der Waals surface area contributed by atoms with E-state index in [4.69, 9.17) is 20.9 Å². The number of nitrogens with two attached hydrogens (primary N) is 2. The zero-order chi connectivity index (χ0) is 11.3. The second kappa shape index (κ2) is 5.58. The Morgan fingerprint density at radius 1 is 1.27 bits per heavy atom. The van der Waals surface area contributed by atoms with Crippen molar-refractivity contribution in [3.8, 4) is 11.5 Å². The lowest BCUT2D eigenvalue weighted by Gasteiger charge is -2.15. The van der Waals surface area contributed by atoms with Gasteiger partial charge in [0.1, 0.15) is 11.5 Å². The first kappa shape index (κ1) is 11.8. The van der Waals surface area contributed by atoms with Gasteiger partial charge in [0.15, 0.2) is 0 Å². The average molecular weight is 210 g/mol. The van der Waals surface area contributed by atoms with Gasteiger partial charge in [-0.05, 0) is 19.0 Å². The van der Waals surface area contributed by atoms with Crippen LogP contribution >= 0.6 is 0 Å². The summed E-state index contributed by atoms with van der Waals surface area (Å²) in [4.78, 5) is 0. The Kier molecular flexibility index (Phi) is 4.39. The highest BCUT2D eigenvalue weighted by molar-refractivity contribution is 5.42. The predicted molar refractivity (Wildman–Crippen MR) is 60.1 cm³/mol. The van der Waals surface area contributed by atoms with Gasteiger partial charge in [0, 0.05) is 17.7 Å². The van der Waals surface area contributed by atoms with Crippen molar-refractivity contribution in [1.29, 1.82) is 0 Å². The SMILES string of the molecule is COc1ccc(C(N)CCN)c(OC)c1. The molecule has 4 nitrogen and oxygen atoms in total. The van der Waals surface area contributed by atoms with Crippen molar-refractivity contribution in [2.24, 2.45) is 11.5 Å². The smallest absolute Gasteiger partial charge is 0.127 e. The molecule has 1 unspecified atom stereocenters. The topological polar surface area (TPSA) is 70.5 Å². The van der Waals surface area contributed by atoms with Crippen molar-refractivity contribution in [1.82, 2.24) is 0 Å². The fourth-order valence-corrected chi connectivity index (χ4v) is 1.46. The van der Waals surface area contributed by atoms with Crippen LogP contribution in [0.15, 0.2) is 18.2 Å². The standard InChI is InChI=1S/C11H18N2O2/c1-14-8-3-4-9(10(13)5-6-12)11(7-8)15-2/h3-4,7,10H,5-6,12-13H2,1-2H3. The van der Waals surface area contributed by atoms with Crippen LogP contribution in [0.5, 0.6) is 11.5 Å². The number of rotatable bonds is 5. The lowest BCUT2D eigenvalue weighted by atomic mass is 10.0. The van der Waals surface area contributed by atoms with Gasteiger partial charge in [0.25, 0.3) is 0 Å². The average Bonchev–Trinajstić information content (AvgIpc) is 2.28. The van der Waals surface area contributed by atoms with Gasteiger partial charge in [0.2, 0.25) is 0 Å². The largest absolute Gasteiger partial charge is 0.497 e. The van der Waals surface area contributed by atoms with Crippen molar-refractivity contribution in [2.75, 3.05) is 20.8 Å². The molecule has 0 aromatic heterocycles. The molecule has 0 saturated carbocycles. The third kappa shape index (κ3) is 2.84. The third-order valence-electron chi connectivity index (χ3n) is 2.32. The van der Waals surface area contributed by atoms with Crippen LogP contribution in [0.1, 0.15) is 18.0 Å². The minimum atomic E-state index is -0.0872. The Balaban J connectivity index is 2.96. The Morgan fingerprint density at radius 3 is 2.53 bits per heavy atom. The number of hydrogen-bond donors (Lipinski definition) is 2. The summed E-state index contributed by atoms with van der Waals surface area (Å²) in [6.45, 7) is 0.566. The minimum absolute atomic E-state index is 0.0872. The van der Waals surface area contributed by atoms with Crippen LogP contribution in [0.3, 0.4) is 0 Å². The van der Waals surface area contributed by atoms with E-state index in [1.165, 1.54) is 0 Å². The quantitative estimate of drug-likeness (QED) is 0.762. The molecule has 15 heavy (non-hydrogen) atoms. The Morgan fingerprint density at radius 2 is 2.00 bits per heavy atom. The molecule has 0 heterocycles. The van der Waals surface area contributed by atoms with Crippen LogP contribution in [-0.4, -0.2) is 20.8 Å². The monoisotopic (exact) mass is 210 g/mol. The van der Waals surface area contributed by atoms with Gasteiger partial charge >= 0.3 is 0 Å². The van der Waals surface area contributed by atoms with E-state index in [-0.39, 0.29) is 6.04 Å². The van der Waals surface area contributed by atoms with Crippen molar-refractivity contribution in [3.63, 3.8) is 0 Å². The highest BCUT2D eigenvalue weighted by Crippen LogP contribution is 2.29. The molecule has 0 aliphatic heterocycles. The lowest BCUT2D eigenvalue weighted by Crippen LogP contribution is -2.16. The second-order valence-corrected chi connectivity index (χ2v) is 3.29. The van der Waals surface area contributed by atoms with E-state index in [0.29, 0.717) is 6.54 Å². The van der Waals surface area contributed by atoms with Crippen molar-refractivity contribution < 1.29 is 9.47 Å². The van der Waals surface area contributed by atoms with E-state index in [0.717, 1.165) is 23.5 Å². The van der Waals surface area contributed by atoms with Crippen LogP contribution in [0.2, 0.25) is 0 Å². The molecule has 1 aromatic carbocycles. The molecule has 4 N–H and O–H groups in total. The van der Waals surface area contributed by atoms with Gasteiger partial charge in [-0.15, -0.1) is 0 Å². The summed E-state index contributed by atoms with van der Waals surface area (Å²) in [7, 11) is 3.24. The normalized spacial score (nSPS) is 12.3. The lowest BCUT2D eigenvalue weighted by molar-refractivity contribution is 0.387. The first-order valence-electron chi connectivity index (χ1n) is 4.90. The van der Waals surface area contributed by atoms with E-state index >= 15 is 0 Å². The van der Waals surface area contributed by atoms with E-state index < -0.39 is 0 Å². The third-order valence-corrected chi connectivity index (χ3v) is 2.32. The molecule has 0 aliphatic rings. The summed E-state index contributed by atoms with van der Waals surface area (Å²) in [6, 6.07) is 5.52. The molecule has 1 aromatic rings. The van der Waals surface area contributed by atoms with Crippen LogP contribution < -0.4 is 20.9 Å². The van der Waals surface area contributed by atoms with Crippen molar-refractivity contribution in [3.05, 3.63) is 23.8 Å². The fourth-order valence-electron chi connectivity index (χ4n) is 1.46. The van der Waals surface area contributed by atoms with E-state index in [1.807, 2.05) is 18.2 Å². The van der Waals surface area contributed by atoms with E-state index in [2.05, 4.69) is 0 Å². The van der Waals surface area contributed by atoms with Crippen LogP contribution in [0, 0.1) is 0 Å². The first-order valence-corrected chi connectivity index (χ1v) is 4.90. The number of hydrogen-bond acceptors (Lipinski definition) is 4.